The molecule has 1 fully saturated rings. The Bertz CT molecular complexity index is 615. The molecule has 2 rings (SSSR count). The second kappa shape index (κ2) is 5.77. The first kappa shape index (κ1) is 15.4. The number of carboxylic acid groups (broad SMARTS) is 1. The van der Waals surface area contributed by atoms with Gasteiger partial charge in [0.1, 0.15) is 0 Å². The lowest BCUT2D eigenvalue weighted by molar-refractivity contribution is -0.131. The van der Waals surface area contributed by atoms with Crippen LogP contribution in [0.4, 0.5) is 5.69 Å². The maximum absolute atomic E-state index is 11.5. The fourth-order valence-corrected chi connectivity index (χ4v) is 2.63. The molecular formula is C15H17ClN2O3. The molecule has 1 aromatic rings. The molecule has 1 aromatic carbocycles. The maximum atomic E-state index is 11.5. The van der Waals surface area contributed by atoms with Gasteiger partial charge >= 0.3 is 5.97 Å². The van der Waals surface area contributed by atoms with E-state index in [0.29, 0.717) is 24.5 Å². The second-order valence-electron chi connectivity index (χ2n) is 5.47. The van der Waals surface area contributed by atoms with Gasteiger partial charge < -0.3 is 15.7 Å². The minimum absolute atomic E-state index is 0.324. The number of amides is 1. The summed E-state index contributed by atoms with van der Waals surface area (Å²) in [6, 6.07) is 5.24. The van der Waals surface area contributed by atoms with Crippen LogP contribution in [0.5, 0.6) is 0 Å². The number of halogens is 1. The predicted molar refractivity (Wildman–Crippen MR) is 82.3 cm³/mol. The number of carbonyl (C=O) groups is 2. The largest absolute Gasteiger partial charge is 0.478 e. The van der Waals surface area contributed by atoms with Gasteiger partial charge in [-0.25, -0.2) is 4.79 Å². The lowest BCUT2D eigenvalue weighted by atomic mass is 9.89. The summed E-state index contributed by atoms with van der Waals surface area (Å²) < 4.78 is 0. The van der Waals surface area contributed by atoms with Crippen LogP contribution in [0, 0.1) is 5.41 Å². The molecule has 0 saturated carbocycles. The quantitative estimate of drug-likeness (QED) is 0.835. The number of carbonyl (C=O) groups excluding carboxylic acids is 1. The van der Waals surface area contributed by atoms with Crippen LogP contribution in [0.3, 0.4) is 0 Å². The number of primary amides is 1. The summed E-state index contributed by atoms with van der Waals surface area (Å²) in [5.74, 6) is -1.34. The van der Waals surface area contributed by atoms with Crippen LogP contribution in [-0.2, 0) is 9.59 Å². The average molecular weight is 309 g/mol. The molecule has 1 aliphatic rings. The normalized spacial score (nSPS) is 21.9. The van der Waals surface area contributed by atoms with E-state index in [1.165, 1.54) is 6.08 Å². The highest BCUT2D eigenvalue weighted by Gasteiger charge is 2.39. The number of anilines is 1. The Morgan fingerprint density at radius 3 is 2.76 bits per heavy atom. The Morgan fingerprint density at radius 2 is 2.19 bits per heavy atom. The van der Waals surface area contributed by atoms with Gasteiger partial charge in [-0.15, -0.1) is 0 Å². The molecule has 1 atom stereocenters. The summed E-state index contributed by atoms with van der Waals surface area (Å²) in [6.45, 7) is 3.01. The van der Waals surface area contributed by atoms with E-state index in [4.69, 9.17) is 22.4 Å². The van der Waals surface area contributed by atoms with Gasteiger partial charge in [-0.1, -0.05) is 17.7 Å². The summed E-state index contributed by atoms with van der Waals surface area (Å²) >= 11 is 6.03. The third-order valence-electron chi connectivity index (χ3n) is 3.81. The van der Waals surface area contributed by atoms with E-state index in [9.17, 15) is 9.59 Å². The molecule has 0 spiro atoms. The molecule has 1 unspecified atom stereocenters. The van der Waals surface area contributed by atoms with E-state index in [-0.39, 0.29) is 5.91 Å². The third-order valence-corrected chi connectivity index (χ3v) is 4.04. The zero-order valence-electron chi connectivity index (χ0n) is 11.7. The summed E-state index contributed by atoms with van der Waals surface area (Å²) in [5.41, 5.74) is 6.44. The number of benzene rings is 1. The van der Waals surface area contributed by atoms with E-state index < -0.39 is 11.4 Å². The van der Waals surface area contributed by atoms with Gasteiger partial charge in [0.05, 0.1) is 5.41 Å². The topological polar surface area (TPSA) is 83.6 Å². The molecule has 0 aliphatic carbocycles. The number of hydrogen-bond acceptors (Lipinski definition) is 3. The van der Waals surface area contributed by atoms with Crippen LogP contribution >= 0.6 is 11.6 Å². The van der Waals surface area contributed by atoms with Crippen LogP contribution < -0.4 is 10.6 Å². The highest BCUT2D eigenvalue weighted by Crippen LogP contribution is 2.36. The lowest BCUT2D eigenvalue weighted by Gasteiger charge is -2.24. The molecule has 0 bridgehead atoms. The van der Waals surface area contributed by atoms with Crippen LogP contribution in [0.15, 0.2) is 24.3 Å². The first-order valence-electron chi connectivity index (χ1n) is 6.57. The number of aliphatic carboxylic acids is 1. The molecule has 1 heterocycles. The van der Waals surface area contributed by atoms with Crippen molar-refractivity contribution >= 4 is 35.2 Å². The van der Waals surface area contributed by atoms with Crippen molar-refractivity contribution in [3.63, 3.8) is 0 Å². The fourth-order valence-electron chi connectivity index (χ4n) is 2.46. The molecule has 21 heavy (non-hydrogen) atoms. The Hall–Kier alpha value is -2.01. The van der Waals surface area contributed by atoms with Crippen LogP contribution in [0.25, 0.3) is 6.08 Å². The summed E-state index contributed by atoms with van der Waals surface area (Å²) in [7, 11) is 0. The molecule has 3 N–H and O–H groups in total. The third kappa shape index (κ3) is 3.36. The number of nitrogens with two attached hydrogens (primary N) is 1. The smallest absolute Gasteiger partial charge is 0.328 e. The molecule has 0 radical (unpaired) electrons. The van der Waals surface area contributed by atoms with Crippen LogP contribution in [-0.4, -0.2) is 30.1 Å². The van der Waals surface area contributed by atoms with Gasteiger partial charge in [-0.2, -0.15) is 0 Å². The van der Waals surface area contributed by atoms with Gasteiger partial charge in [-0.05, 0) is 37.1 Å². The van der Waals surface area contributed by atoms with Crippen molar-refractivity contribution in [2.24, 2.45) is 11.1 Å². The maximum Gasteiger partial charge on any atom is 0.328 e. The highest BCUT2D eigenvalue weighted by atomic mass is 35.5. The number of carboxylic acids is 1. The van der Waals surface area contributed by atoms with E-state index in [0.717, 1.165) is 17.3 Å². The van der Waals surface area contributed by atoms with E-state index in [1.54, 1.807) is 18.2 Å². The number of rotatable bonds is 4. The van der Waals surface area contributed by atoms with Gasteiger partial charge in [0.25, 0.3) is 0 Å². The predicted octanol–water partition coefficient (Wildman–Crippen LogP) is 2.14. The molecule has 0 aromatic heterocycles. The van der Waals surface area contributed by atoms with E-state index >= 15 is 0 Å². The average Bonchev–Trinajstić information content (AvgIpc) is 2.81. The fraction of sp³-hybridized carbons (Fsp3) is 0.333. The van der Waals surface area contributed by atoms with E-state index in [1.807, 2.05) is 11.8 Å². The standard InChI is InChI=1S/C15H17ClN2O3/c1-15(14(17)21)6-7-18(9-15)12-8-11(16)4-2-10(12)3-5-13(19)20/h2-5,8H,6-7,9H2,1H3,(H2,17,21)(H,19,20)/b5-3+. The van der Waals surface area contributed by atoms with Gasteiger partial charge in [0, 0.05) is 29.9 Å². The first-order chi connectivity index (χ1) is 9.82. The minimum atomic E-state index is -1.01. The van der Waals surface area contributed by atoms with E-state index in [2.05, 4.69) is 0 Å². The van der Waals surface area contributed by atoms with Crippen molar-refractivity contribution < 1.29 is 14.7 Å². The van der Waals surface area contributed by atoms with Crippen LogP contribution in [0.1, 0.15) is 18.9 Å². The zero-order valence-corrected chi connectivity index (χ0v) is 12.4. The van der Waals surface area contributed by atoms with Gasteiger partial charge in [-0.3, -0.25) is 4.79 Å². The first-order valence-corrected chi connectivity index (χ1v) is 6.95. The molecule has 6 heteroatoms. The van der Waals surface area contributed by atoms with Crippen molar-refractivity contribution in [3.05, 3.63) is 34.9 Å². The Labute approximate surface area is 128 Å². The summed E-state index contributed by atoms with van der Waals surface area (Å²) in [5, 5.41) is 9.31. The van der Waals surface area contributed by atoms with Crippen molar-refractivity contribution in [3.8, 4) is 0 Å². The van der Waals surface area contributed by atoms with Gasteiger partial charge in [0.2, 0.25) is 5.91 Å². The summed E-state index contributed by atoms with van der Waals surface area (Å²) in [4.78, 5) is 24.2. The zero-order chi connectivity index (χ0) is 15.6. The van der Waals surface area contributed by atoms with Crippen molar-refractivity contribution in [1.29, 1.82) is 0 Å². The lowest BCUT2D eigenvalue weighted by Crippen LogP contribution is -2.37. The molecule has 5 nitrogen and oxygen atoms in total. The molecule has 1 amide bonds. The Balaban J connectivity index is 2.33. The number of hydrogen-bond donors (Lipinski definition) is 2. The van der Waals surface area contributed by atoms with Gasteiger partial charge in [0.15, 0.2) is 0 Å². The minimum Gasteiger partial charge on any atom is -0.478 e. The van der Waals surface area contributed by atoms with Crippen molar-refractivity contribution in [2.75, 3.05) is 18.0 Å². The highest BCUT2D eigenvalue weighted by molar-refractivity contribution is 6.31. The van der Waals surface area contributed by atoms with Crippen molar-refractivity contribution in [1.82, 2.24) is 0 Å². The van der Waals surface area contributed by atoms with Crippen LogP contribution in [0.2, 0.25) is 5.02 Å². The monoisotopic (exact) mass is 308 g/mol. The summed E-state index contributed by atoms with van der Waals surface area (Å²) in [6.07, 6.45) is 3.26. The Kier molecular flexibility index (Phi) is 4.23. The Morgan fingerprint density at radius 1 is 1.48 bits per heavy atom. The molecule has 112 valence electrons. The molecular weight excluding hydrogens is 292 g/mol. The SMILES string of the molecule is CC1(C(N)=O)CCN(c2cc(Cl)ccc2/C=C/C(=O)O)C1. The molecule has 1 saturated heterocycles. The second-order valence-corrected chi connectivity index (χ2v) is 5.91. The van der Waals surface area contributed by atoms with Crippen molar-refractivity contribution in [2.45, 2.75) is 13.3 Å². The number of nitrogens with zero attached hydrogens (tertiary/aromatic N) is 1. The molecule has 1 aliphatic heterocycles.